The molecule has 0 saturated carbocycles. The van der Waals surface area contributed by atoms with Crippen molar-refractivity contribution in [2.24, 2.45) is 0 Å². The lowest BCUT2D eigenvalue weighted by atomic mass is 10.0. The second-order valence-electron chi connectivity index (χ2n) is 7.76. The molecule has 0 spiro atoms. The molecular weight excluding hydrogens is 415 g/mol. The Kier molecular flexibility index (Phi) is 5.38. The van der Waals surface area contributed by atoms with Gasteiger partial charge in [-0.15, -0.1) is 10.2 Å². The minimum Gasteiger partial charge on any atom is -0.493 e. The zero-order valence-corrected chi connectivity index (χ0v) is 17.8. The van der Waals surface area contributed by atoms with Crippen LogP contribution >= 0.6 is 0 Å². The summed E-state index contributed by atoms with van der Waals surface area (Å²) in [6, 6.07) is 3.08. The van der Waals surface area contributed by atoms with Gasteiger partial charge in [0.25, 0.3) is 0 Å². The van der Waals surface area contributed by atoms with Crippen molar-refractivity contribution in [1.82, 2.24) is 29.8 Å². The van der Waals surface area contributed by atoms with Crippen LogP contribution in [0.5, 0.6) is 5.75 Å². The molecule has 0 atom stereocenters. The summed E-state index contributed by atoms with van der Waals surface area (Å²) >= 11 is 0. The van der Waals surface area contributed by atoms with E-state index < -0.39 is 0 Å². The Morgan fingerprint density at radius 1 is 1.25 bits per heavy atom. The maximum Gasteiger partial charge on any atom is 0.317 e. The van der Waals surface area contributed by atoms with E-state index in [-0.39, 0.29) is 18.4 Å². The molecule has 2 aliphatic rings. The summed E-state index contributed by atoms with van der Waals surface area (Å²) in [5, 5.41) is 14.4. The molecule has 2 amide bonds. The first-order valence-electron chi connectivity index (χ1n) is 10.8. The van der Waals surface area contributed by atoms with Gasteiger partial charge in [0.05, 0.1) is 12.8 Å². The molecule has 2 aliphatic heterocycles. The number of carbonyl (C=O) groups is 1. The summed E-state index contributed by atoms with van der Waals surface area (Å²) in [6.07, 6.45) is 4.04. The SMILES string of the molecule is CCNC(=O)N1CCN(c2cnc(NCc3c(F)ccc4c3CCO4)n3cnnc23)CC1. The van der Waals surface area contributed by atoms with Crippen molar-refractivity contribution in [2.75, 3.05) is 49.5 Å². The maximum absolute atomic E-state index is 14.5. The highest BCUT2D eigenvalue weighted by atomic mass is 19.1. The Morgan fingerprint density at radius 3 is 2.91 bits per heavy atom. The summed E-state index contributed by atoms with van der Waals surface area (Å²) in [6.45, 7) is 5.96. The molecule has 168 valence electrons. The van der Waals surface area contributed by atoms with Crippen LogP contribution in [0, 0.1) is 5.82 Å². The second-order valence-corrected chi connectivity index (χ2v) is 7.76. The monoisotopic (exact) mass is 440 g/mol. The number of nitrogens with zero attached hydrogens (tertiary/aromatic N) is 6. The van der Waals surface area contributed by atoms with Gasteiger partial charge in [0, 0.05) is 56.8 Å². The number of rotatable bonds is 5. The van der Waals surface area contributed by atoms with E-state index in [1.807, 2.05) is 6.92 Å². The van der Waals surface area contributed by atoms with Crippen LogP contribution in [0.3, 0.4) is 0 Å². The van der Waals surface area contributed by atoms with Crippen molar-refractivity contribution < 1.29 is 13.9 Å². The van der Waals surface area contributed by atoms with Gasteiger partial charge in [-0.2, -0.15) is 0 Å². The van der Waals surface area contributed by atoms with E-state index in [0.29, 0.717) is 62.9 Å². The highest BCUT2D eigenvalue weighted by molar-refractivity contribution is 5.75. The van der Waals surface area contributed by atoms with Gasteiger partial charge in [-0.25, -0.2) is 18.6 Å². The van der Waals surface area contributed by atoms with Gasteiger partial charge in [-0.05, 0) is 19.1 Å². The van der Waals surface area contributed by atoms with E-state index in [9.17, 15) is 9.18 Å². The van der Waals surface area contributed by atoms with Crippen LogP contribution in [0.4, 0.5) is 20.8 Å². The molecule has 1 aromatic carbocycles. The highest BCUT2D eigenvalue weighted by Crippen LogP contribution is 2.31. The first-order valence-corrected chi connectivity index (χ1v) is 10.8. The number of nitrogens with one attached hydrogen (secondary N) is 2. The lowest BCUT2D eigenvalue weighted by molar-refractivity contribution is 0.195. The predicted molar refractivity (Wildman–Crippen MR) is 117 cm³/mol. The van der Waals surface area contributed by atoms with Crippen LogP contribution in [0.25, 0.3) is 5.65 Å². The average molecular weight is 440 g/mol. The van der Waals surface area contributed by atoms with E-state index in [0.717, 1.165) is 17.0 Å². The third-order valence-corrected chi connectivity index (χ3v) is 5.91. The van der Waals surface area contributed by atoms with Crippen molar-refractivity contribution >= 4 is 23.3 Å². The molecular formula is C21H25FN8O2. The number of benzene rings is 1. The summed E-state index contributed by atoms with van der Waals surface area (Å²) in [4.78, 5) is 20.6. The number of piperazine rings is 1. The fourth-order valence-corrected chi connectivity index (χ4v) is 4.25. The minimum absolute atomic E-state index is 0.0394. The van der Waals surface area contributed by atoms with E-state index >= 15 is 0 Å². The fraction of sp³-hybridized carbons (Fsp3) is 0.429. The maximum atomic E-state index is 14.5. The molecule has 1 saturated heterocycles. The number of hydrogen-bond donors (Lipinski definition) is 2. The van der Waals surface area contributed by atoms with Crippen LogP contribution in [0.15, 0.2) is 24.7 Å². The molecule has 5 rings (SSSR count). The average Bonchev–Trinajstić information content (AvgIpc) is 3.49. The zero-order chi connectivity index (χ0) is 22.1. The molecule has 1 fully saturated rings. The van der Waals surface area contributed by atoms with Gasteiger partial charge in [0.15, 0.2) is 5.65 Å². The smallest absolute Gasteiger partial charge is 0.317 e. The van der Waals surface area contributed by atoms with Gasteiger partial charge < -0.3 is 25.2 Å². The van der Waals surface area contributed by atoms with Crippen molar-refractivity contribution in [3.8, 4) is 5.75 Å². The predicted octanol–water partition coefficient (Wildman–Crippen LogP) is 1.66. The zero-order valence-electron chi connectivity index (χ0n) is 17.8. The number of halogens is 1. The fourth-order valence-electron chi connectivity index (χ4n) is 4.25. The largest absolute Gasteiger partial charge is 0.493 e. The molecule has 10 nitrogen and oxygen atoms in total. The first-order chi connectivity index (χ1) is 15.7. The number of fused-ring (bicyclic) bond motifs is 2. The highest BCUT2D eigenvalue weighted by Gasteiger charge is 2.24. The van der Waals surface area contributed by atoms with Crippen LogP contribution in [-0.4, -0.2) is 69.8 Å². The first kappa shape index (κ1) is 20.3. The quantitative estimate of drug-likeness (QED) is 0.622. The van der Waals surface area contributed by atoms with Gasteiger partial charge >= 0.3 is 6.03 Å². The van der Waals surface area contributed by atoms with Crippen LogP contribution < -0.4 is 20.3 Å². The molecule has 3 aromatic rings. The Hall–Kier alpha value is -3.63. The number of aromatic nitrogens is 4. The van der Waals surface area contributed by atoms with Gasteiger partial charge in [0.2, 0.25) is 5.95 Å². The Morgan fingerprint density at radius 2 is 2.09 bits per heavy atom. The van der Waals surface area contributed by atoms with Crippen molar-refractivity contribution in [3.05, 3.63) is 41.6 Å². The molecule has 0 unspecified atom stereocenters. The van der Waals surface area contributed by atoms with Crippen molar-refractivity contribution in [1.29, 1.82) is 0 Å². The lowest BCUT2D eigenvalue weighted by Gasteiger charge is -2.35. The van der Waals surface area contributed by atoms with Gasteiger partial charge in [-0.1, -0.05) is 0 Å². The van der Waals surface area contributed by atoms with Crippen molar-refractivity contribution in [3.63, 3.8) is 0 Å². The normalized spacial score (nSPS) is 15.6. The van der Waals surface area contributed by atoms with E-state index in [2.05, 4.69) is 30.7 Å². The molecule has 4 heterocycles. The second kappa shape index (κ2) is 8.48. The van der Waals surface area contributed by atoms with E-state index in [1.54, 1.807) is 27.9 Å². The summed E-state index contributed by atoms with van der Waals surface area (Å²) in [5.41, 5.74) is 3.01. The molecule has 11 heteroatoms. The molecule has 0 aliphatic carbocycles. The summed E-state index contributed by atoms with van der Waals surface area (Å²) in [5.74, 6) is 1.02. The Balaban J connectivity index is 1.33. The van der Waals surface area contributed by atoms with E-state index in [1.165, 1.54) is 6.07 Å². The van der Waals surface area contributed by atoms with Crippen LogP contribution in [-0.2, 0) is 13.0 Å². The molecule has 2 aromatic heterocycles. The third kappa shape index (κ3) is 3.63. The molecule has 2 N–H and O–H groups in total. The number of ether oxygens (including phenoxy) is 1. The Bertz CT molecular complexity index is 1140. The molecule has 32 heavy (non-hydrogen) atoms. The van der Waals surface area contributed by atoms with Gasteiger partial charge in [0.1, 0.15) is 23.6 Å². The number of anilines is 2. The number of carbonyl (C=O) groups excluding carboxylic acids is 1. The van der Waals surface area contributed by atoms with Crippen LogP contribution in [0.2, 0.25) is 0 Å². The van der Waals surface area contributed by atoms with Crippen LogP contribution in [0.1, 0.15) is 18.1 Å². The van der Waals surface area contributed by atoms with Crippen molar-refractivity contribution in [2.45, 2.75) is 19.9 Å². The summed E-state index contributed by atoms with van der Waals surface area (Å²) < 4.78 is 21.8. The Labute approximate surface area is 184 Å². The number of amides is 2. The standard InChI is InChI=1S/C21H25FN8O2/c1-2-23-21(31)29-8-6-28(7-9-29)17-12-25-20(30-13-26-27-19(17)30)24-11-15-14-5-10-32-18(14)4-3-16(15)22/h3-4,12-13H,2,5-11H2,1H3,(H,23,31)(H,24,25). The van der Waals surface area contributed by atoms with E-state index in [4.69, 9.17) is 4.74 Å². The molecule has 0 radical (unpaired) electrons. The summed E-state index contributed by atoms with van der Waals surface area (Å²) in [7, 11) is 0. The lowest BCUT2D eigenvalue weighted by Crippen LogP contribution is -2.52. The minimum atomic E-state index is -0.261. The molecule has 0 bridgehead atoms. The van der Waals surface area contributed by atoms with Gasteiger partial charge in [-0.3, -0.25) is 0 Å². The number of urea groups is 1. The topological polar surface area (TPSA) is 99.9 Å². The number of hydrogen-bond acceptors (Lipinski definition) is 7. The third-order valence-electron chi connectivity index (χ3n) is 5.91.